The summed E-state index contributed by atoms with van der Waals surface area (Å²) in [5, 5.41) is 7.89. The number of halogens is 2. The van der Waals surface area contributed by atoms with E-state index in [9.17, 15) is 18.4 Å². The zero-order chi connectivity index (χ0) is 29.4. The lowest BCUT2D eigenvalue weighted by molar-refractivity contribution is 0.101. The maximum atomic E-state index is 14.4. The summed E-state index contributed by atoms with van der Waals surface area (Å²) >= 11 is 0. The van der Waals surface area contributed by atoms with E-state index < -0.39 is 11.6 Å². The number of hydrogen-bond acceptors (Lipinski definition) is 4. The molecule has 2 N–H and O–H groups in total. The molecule has 0 spiro atoms. The highest BCUT2D eigenvalue weighted by Gasteiger charge is 2.27. The first-order valence-electron chi connectivity index (χ1n) is 12.9. The molecule has 0 radical (unpaired) electrons. The first-order chi connectivity index (χ1) is 20.3. The van der Waals surface area contributed by atoms with E-state index in [1.165, 1.54) is 45.9 Å². The van der Waals surface area contributed by atoms with Gasteiger partial charge in [0.1, 0.15) is 11.6 Å². The molecular formula is C32H24F2N4O2S2. The van der Waals surface area contributed by atoms with Crippen LogP contribution in [0.25, 0.3) is 21.8 Å². The lowest BCUT2D eigenvalue weighted by Crippen LogP contribution is -2.13. The number of rotatable bonds is 7. The highest BCUT2D eigenvalue weighted by Crippen LogP contribution is 2.46. The van der Waals surface area contributed by atoms with Crippen LogP contribution >= 0.6 is 21.6 Å². The van der Waals surface area contributed by atoms with Crippen molar-refractivity contribution in [3.8, 4) is 0 Å². The average molecular weight is 599 g/mol. The van der Waals surface area contributed by atoms with Gasteiger partial charge in [-0.3, -0.25) is 9.59 Å². The number of hydrogen-bond donors (Lipinski definition) is 2. The summed E-state index contributed by atoms with van der Waals surface area (Å²) in [6.07, 6.45) is 0. The lowest BCUT2D eigenvalue weighted by Gasteiger charge is -2.11. The van der Waals surface area contributed by atoms with Gasteiger partial charge in [-0.05, 0) is 82.3 Å². The summed E-state index contributed by atoms with van der Waals surface area (Å²) in [4.78, 5) is 27.3. The number of amides is 2. The normalized spacial score (nSPS) is 11.2. The molecule has 2 amide bonds. The number of carbonyl (C=O) groups excluding carboxylic acids is 2. The van der Waals surface area contributed by atoms with Gasteiger partial charge in [-0.15, -0.1) is 0 Å². The fraction of sp³-hybridized carbons (Fsp3) is 0.0625. The van der Waals surface area contributed by atoms with Crippen molar-refractivity contribution in [1.29, 1.82) is 0 Å². The van der Waals surface area contributed by atoms with Gasteiger partial charge in [0.25, 0.3) is 11.8 Å². The van der Waals surface area contributed by atoms with Gasteiger partial charge in [0.2, 0.25) is 0 Å². The largest absolute Gasteiger partial charge is 0.337 e. The number of aryl methyl sites for hydroxylation is 2. The van der Waals surface area contributed by atoms with Crippen molar-refractivity contribution in [2.75, 3.05) is 10.6 Å². The van der Waals surface area contributed by atoms with Gasteiger partial charge in [-0.25, -0.2) is 8.78 Å². The minimum absolute atomic E-state index is 0.313. The number of para-hydroxylation sites is 2. The molecule has 4 aromatic carbocycles. The molecule has 2 heterocycles. The third kappa shape index (κ3) is 5.15. The minimum Gasteiger partial charge on any atom is -0.337 e. The third-order valence-corrected chi connectivity index (χ3v) is 9.48. The number of nitrogens with one attached hydrogen (secondary N) is 2. The topological polar surface area (TPSA) is 68.1 Å². The Hall–Kier alpha value is -4.54. The Balaban J connectivity index is 1.43. The van der Waals surface area contributed by atoms with Crippen molar-refractivity contribution in [2.45, 2.75) is 10.1 Å². The molecule has 0 fully saturated rings. The van der Waals surface area contributed by atoms with E-state index in [0.717, 1.165) is 0 Å². The molecular weight excluding hydrogens is 575 g/mol. The third-order valence-electron chi connectivity index (χ3n) is 6.93. The van der Waals surface area contributed by atoms with Gasteiger partial charge in [0, 0.05) is 47.3 Å². The van der Waals surface area contributed by atoms with Crippen molar-refractivity contribution in [2.24, 2.45) is 14.1 Å². The van der Waals surface area contributed by atoms with Gasteiger partial charge < -0.3 is 19.8 Å². The monoisotopic (exact) mass is 598 g/mol. The van der Waals surface area contributed by atoms with E-state index in [1.54, 1.807) is 36.4 Å². The second kappa shape index (κ2) is 11.4. The smallest absolute Gasteiger partial charge is 0.259 e. The standard InChI is InChI=1S/C32H24F2N4O2S2/c1-37-25-15-13-19(33)17-23(25)27(29(39)35-21-9-5-3-6-10-21)31(37)41-42-32-28(30(40)36-22-11-7-4-8-12-22)24-18-20(34)14-16-26(24)38(32)2/h3-18H,1-2H3,(H,35,39)(H,36,40). The molecule has 0 aliphatic rings. The Labute approximate surface area is 248 Å². The lowest BCUT2D eigenvalue weighted by atomic mass is 10.1. The van der Waals surface area contributed by atoms with Crippen molar-refractivity contribution >= 4 is 66.6 Å². The minimum atomic E-state index is -0.457. The summed E-state index contributed by atoms with van der Waals surface area (Å²) in [6.45, 7) is 0. The highest BCUT2D eigenvalue weighted by molar-refractivity contribution is 8.76. The van der Waals surface area contributed by atoms with E-state index in [1.807, 2.05) is 59.6 Å². The molecule has 0 aliphatic heterocycles. The number of benzene rings is 4. The van der Waals surface area contributed by atoms with E-state index in [2.05, 4.69) is 10.6 Å². The van der Waals surface area contributed by atoms with Gasteiger partial charge in [0.15, 0.2) is 0 Å². The Kier molecular flexibility index (Phi) is 7.49. The van der Waals surface area contributed by atoms with Crippen LogP contribution in [0.4, 0.5) is 20.2 Å². The van der Waals surface area contributed by atoms with Crippen LogP contribution in [0.1, 0.15) is 20.7 Å². The summed E-state index contributed by atoms with van der Waals surface area (Å²) in [6, 6.07) is 26.7. The first kappa shape index (κ1) is 27.6. The number of aromatic nitrogens is 2. The molecule has 0 bridgehead atoms. The molecule has 0 unspecified atom stereocenters. The molecule has 210 valence electrons. The first-order valence-corrected chi connectivity index (χ1v) is 15.1. The van der Waals surface area contributed by atoms with Gasteiger partial charge >= 0.3 is 0 Å². The Morgan fingerprint density at radius 3 is 1.36 bits per heavy atom. The van der Waals surface area contributed by atoms with Crippen LogP contribution in [0.15, 0.2) is 107 Å². The Morgan fingerprint density at radius 1 is 0.595 bits per heavy atom. The van der Waals surface area contributed by atoms with Gasteiger partial charge in [-0.1, -0.05) is 36.4 Å². The molecule has 0 saturated heterocycles. The number of anilines is 2. The molecule has 42 heavy (non-hydrogen) atoms. The number of carbonyl (C=O) groups is 2. The molecule has 0 saturated carbocycles. The zero-order valence-corrected chi connectivity index (χ0v) is 24.2. The van der Waals surface area contributed by atoms with Crippen LogP contribution in [0.2, 0.25) is 0 Å². The van der Waals surface area contributed by atoms with Crippen molar-refractivity contribution in [3.05, 3.63) is 120 Å². The van der Waals surface area contributed by atoms with Crippen LogP contribution in [0.3, 0.4) is 0 Å². The second-order valence-electron chi connectivity index (χ2n) is 9.61. The summed E-state index contributed by atoms with van der Waals surface area (Å²) in [7, 11) is 6.16. The van der Waals surface area contributed by atoms with Crippen LogP contribution in [0.5, 0.6) is 0 Å². The van der Waals surface area contributed by atoms with Crippen LogP contribution in [0, 0.1) is 11.6 Å². The maximum Gasteiger partial charge on any atom is 0.259 e. The van der Waals surface area contributed by atoms with Crippen LogP contribution < -0.4 is 10.6 Å². The zero-order valence-electron chi connectivity index (χ0n) is 22.5. The quantitative estimate of drug-likeness (QED) is 0.182. The molecule has 0 aliphatic carbocycles. The SMILES string of the molecule is Cn1c(SSc2c(C(=O)Nc3ccccc3)c3cc(F)ccc3n2C)c(C(=O)Nc2ccccc2)c2cc(F)ccc21. The number of nitrogens with zero attached hydrogens (tertiary/aromatic N) is 2. The van der Waals surface area contributed by atoms with Crippen molar-refractivity contribution in [1.82, 2.24) is 9.13 Å². The fourth-order valence-electron chi connectivity index (χ4n) is 4.93. The van der Waals surface area contributed by atoms with Crippen LogP contribution in [-0.4, -0.2) is 20.9 Å². The molecule has 2 aromatic heterocycles. The predicted molar refractivity (Wildman–Crippen MR) is 166 cm³/mol. The predicted octanol–water partition coefficient (Wildman–Crippen LogP) is 8.25. The molecule has 6 rings (SSSR count). The summed E-state index contributed by atoms with van der Waals surface area (Å²) < 4.78 is 32.4. The number of fused-ring (bicyclic) bond motifs is 2. The molecule has 10 heteroatoms. The summed E-state index contributed by atoms with van der Waals surface area (Å²) in [5.41, 5.74) is 3.20. The second-order valence-corrected chi connectivity index (χ2v) is 11.7. The van der Waals surface area contributed by atoms with E-state index in [4.69, 9.17) is 0 Å². The van der Waals surface area contributed by atoms with Crippen molar-refractivity contribution < 1.29 is 18.4 Å². The average Bonchev–Trinajstić information content (AvgIpc) is 3.41. The van der Waals surface area contributed by atoms with E-state index >= 15 is 0 Å². The van der Waals surface area contributed by atoms with Gasteiger partial charge in [-0.2, -0.15) is 0 Å². The van der Waals surface area contributed by atoms with Crippen molar-refractivity contribution in [3.63, 3.8) is 0 Å². The van der Waals surface area contributed by atoms with E-state index in [-0.39, 0.29) is 11.8 Å². The van der Waals surface area contributed by atoms with Crippen LogP contribution in [-0.2, 0) is 14.1 Å². The van der Waals surface area contributed by atoms with Gasteiger partial charge in [0.05, 0.1) is 21.2 Å². The molecule has 6 nitrogen and oxygen atoms in total. The summed E-state index contributed by atoms with van der Waals surface area (Å²) in [5.74, 6) is -1.69. The van der Waals surface area contributed by atoms with E-state index in [0.29, 0.717) is 54.4 Å². The molecule has 6 aromatic rings. The molecule has 0 atom stereocenters. The Bertz CT molecular complexity index is 1830. The fourth-order valence-corrected chi connectivity index (χ4v) is 7.72. The Morgan fingerprint density at radius 2 is 0.976 bits per heavy atom. The maximum absolute atomic E-state index is 14.4. The highest BCUT2D eigenvalue weighted by atomic mass is 33.1.